The molecular formula is C20H34O2. The SMILES string of the molecule is C=CC(C)(O)CCC1C(C)(O)CCC2C3(C)CC3CCC12C. The van der Waals surface area contributed by atoms with E-state index in [-0.39, 0.29) is 11.3 Å². The van der Waals surface area contributed by atoms with E-state index in [9.17, 15) is 10.2 Å². The van der Waals surface area contributed by atoms with Gasteiger partial charge in [0.1, 0.15) is 0 Å². The van der Waals surface area contributed by atoms with Gasteiger partial charge >= 0.3 is 0 Å². The highest BCUT2D eigenvalue weighted by molar-refractivity contribution is 5.16. The van der Waals surface area contributed by atoms with Gasteiger partial charge in [0.2, 0.25) is 0 Å². The van der Waals surface area contributed by atoms with E-state index in [0.29, 0.717) is 11.8 Å². The lowest BCUT2D eigenvalue weighted by atomic mass is 9.48. The van der Waals surface area contributed by atoms with Gasteiger partial charge in [0.05, 0.1) is 11.2 Å². The van der Waals surface area contributed by atoms with Crippen molar-refractivity contribution in [1.29, 1.82) is 0 Å². The first-order chi connectivity index (χ1) is 10.1. The smallest absolute Gasteiger partial charge is 0.0797 e. The third kappa shape index (κ3) is 2.38. The predicted molar refractivity (Wildman–Crippen MR) is 90.4 cm³/mol. The summed E-state index contributed by atoms with van der Waals surface area (Å²) in [5.41, 5.74) is -0.663. The molecule has 2 N–H and O–H groups in total. The Labute approximate surface area is 136 Å². The summed E-state index contributed by atoms with van der Waals surface area (Å²) >= 11 is 0. The Hall–Kier alpha value is -0.340. The lowest BCUT2D eigenvalue weighted by molar-refractivity contribution is -0.157. The zero-order valence-electron chi connectivity index (χ0n) is 14.9. The third-order valence-corrected chi connectivity index (χ3v) is 7.95. The van der Waals surface area contributed by atoms with Gasteiger partial charge in [0.15, 0.2) is 0 Å². The van der Waals surface area contributed by atoms with Gasteiger partial charge in [-0.25, -0.2) is 0 Å². The fraction of sp³-hybridized carbons (Fsp3) is 0.900. The molecule has 0 amide bonds. The van der Waals surface area contributed by atoms with Crippen molar-refractivity contribution in [2.24, 2.45) is 28.6 Å². The summed E-state index contributed by atoms with van der Waals surface area (Å²) in [6.07, 6.45) is 9.28. The first-order valence-electron chi connectivity index (χ1n) is 9.13. The monoisotopic (exact) mass is 306 g/mol. The van der Waals surface area contributed by atoms with Crippen molar-refractivity contribution in [3.63, 3.8) is 0 Å². The van der Waals surface area contributed by atoms with E-state index in [1.165, 1.54) is 25.7 Å². The molecule has 126 valence electrons. The van der Waals surface area contributed by atoms with Crippen molar-refractivity contribution in [3.05, 3.63) is 12.7 Å². The number of hydrogen-bond donors (Lipinski definition) is 2. The van der Waals surface area contributed by atoms with Crippen LogP contribution >= 0.6 is 0 Å². The Bertz CT molecular complexity index is 466. The third-order valence-electron chi connectivity index (χ3n) is 7.95. The fourth-order valence-electron chi connectivity index (χ4n) is 6.32. The first-order valence-corrected chi connectivity index (χ1v) is 9.13. The van der Waals surface area contributed by atoms with Crippen LogP contribution in [0.4, 0.5) is 0 Å². The first kappa shape index (κ1) is 16.5. The molecule has 0 saturated heterocycles. The van der Waals surface area contributed by atoms with E-state index in [1.807, 2.05) is 13.8 Å². The van der Waals surface area contributed by atoms with Crippen LogP contribution in [0.1, 0.15) is 72.6 Å². The number of fused-ring (bicyclic) bond motifs is 3. The van der Waals surface area contributed by atoms with Gasteiger partial charge in [-0.3, -0.25) is 0 Å². The normalized spacial score (nSPS) is 53.1. The molecule has 0 aromatic carbocycles. The van der Waals surface area contributed by atoms with Crippen LogP contribution in [0, 0.1) is 28.6 Å². The second-order valence-corrected chi connectivity index (χ2v) is 9.55. The Morgan fingerprint density at radius 1 is 1.18 bits per heavy atom. The van der Waals surface area contributed by atoms with Gasteiger partial charge in [-0.15, -0.1) is 6.58 Å². The van der Waals surface area contributed by atoms with Crippen molar-refractivity contribution in [2.45, 2.75) is 83.8 Å². The van der Waals surface area contributed by atoms with E-state index in [1.54, 1.807) is 6.08 Å². The van der Waals surface area contributed by atoms with Crippen LogP contribution in [-0.2, 0) is 0 Å². The summed E-state index contributed by atoms with van der Waals surface area (Å²) < 4.78 is 0. The van der Waals surface area contributed by atoms with Crippen LogP contribution in [0.3, 0.4) is 0 Å². The minimum atomic E-state index is -0.819. The number of aliphatic hydroxyl groups is 2. The highest BCUT2D eigenvalue weighted by Crippen LogP contribution is 2.73. The van der Waals surface area contributed by atoms with Gasteiger partial charge in [-0.05, 0) is 87.4 Å². The predicted octanol–water partition coefficient (Wildman–Crippen LogP) is 4.31. The summed E-state index contributed by atoms with van der Waals surface area (Å²) in [6.45, 7) is 12.5. The largest absolute Gasteiger partial charge is 0.390 e. The van der Waals surface area contributed by atoms with Crippen molar-refractivity contribution >= 4 is 0 Å². The molecule has 3 aliphatic carbocycles. The molecule has 3 saturated carbocycles. The highest BCUT2D eigenvalue weighted by Gasteiger charge is 2.67. The van der Waals surface area contributed by atoms with Crippen LogP contribution in [0.25, 0.3) is 0 Å². The molecule has 3 aliphatic rings. The minimum absolute atomic E-state index is 0.223. The lowest BCUT2D eigenvalue weighted by Crippen LogP contribution is -2.56. The van der Waals surface area contributed by atoms with Gasteiger partial charge in [0, 0.05) is 0 Å². The van der Waals surface area contributed by atoms with Crippen LogP contribution in [0.5, 0.6) is 0 Å². The number of rotatable bonds is 4. The summed E-state index contributed by atoms with van der Waals surface area (Å²) in [4.78, 5) is 0. The van der Waals surface area contributed by atoms with Gasteiger partial charge < -0.3 is 10.2 Å². The molecule has 0 aromatic heterocycles. The van der Waals surface area contributed by atoms with Crippen molar-refractivity contribution in [3.8, 4) is 0 Å². The van der Waals surface area contributed by atoms with Gasteiger partial charge in [-0.1, -0.05) is 19.9 Å². The second kappa shape index (κ2) is 4.83. The molecule has 3 rings (SSSR count). The van der Waals surface area contributed by atoms with Crippen LogP contribution in [0.15, 0.2) is 12.7 Å². The Kier molecular flexibility index (Phi) is 3.63. The molecule has 0 aliphatic heterocycles. The van der Waals surface area contributed by atoms with Crippen LogP contribution in [0.2, 0.25) is 0 Å². The average molecular weight is 306 g/mol. The average Bonchev–Trinajstić information content (AvgIpc) is 3.08. The zero-order valence-corrected chi connectivity index (χ0v) is 14.9. The maximum atomic E-state index is 11.1. The fourth-order valence-corrected chi connectivity index (χ4v) is 6.32. The molecule has 0 aromatic rings. The lowest BCUT2D eigenvalue weighted by Gasteiger charge is -2.58. The second-order valence-electron chi connectivity index (χ2n) is 9.55. The quantitative estimate of drug-likeness (QED) is 0.760. The Morgan fingerprint density at radius 2 is 1.86 bits per heavy atom. The van der Waals surface area contributed by atoms with Crippen molar-refractivity contribution < 1.29 is 10.2 Å². The standard InChI is InChI=1S/C20H34O2/c1-6-17(2,21)10-8-16-18(3)11-7-14-13-19(14,4)15(18)9-12-20(16,5)22/h6,14-16,21-22H,1,7-13H2,2-5H3. The molecule has 0 heterocycles. The highest BCUT2D eigenvalue weighted by atomic mass is 16.3. The van der Waals surface area contributed by atoms with Gasteiger partial charge in [0.25, 0.3) is 0 Å². The van der Waals surface area contributed by atoms with E-state index in [2.05, 4.69) is 20.4 Å². The zero-order chi connectivity index (χ0) is 16.4. The Balaban J connectivity index is 1.85. The Morgan fingerprint density at radius 3 is 2.50 bits per heavy atom. The molecule has 22 heavy (non-hydrogen) atoms. The molecule has 7 unspecified atom stereocenters. The van der Waals surface area contributed by atoms with E-state index in [4.69, 9.17) is 0 Å². The van der Waals surface area contributed by atoms with Crippen molar-refractivity contribution in [2.75, 3.05) is 0 Å². The van der Waals surface area contributed by atoms with Crippen LogP contribution in [-0.4, -0.2) is 21.4 Å². The summed E-state index contributed by atoms with van der Waals surface area (Å²) in [6, 6.07) is 0. The maximum Gasteiger partial charge on any atom is 0.0797 e. The molecule has 7 atom stereocenters. The summed E-state index contributed by atoms with van der Waals surface area (Å²) in [7, 11) is 0. The maximum absolute atomic E-state index is 11.1. The van der Waals surface area contributed by atoms with E-state index >= 15 is 0 Å². The topological polar surface area (TPSA) is 40.5 Å². The summed E-state index contributed by atoms with van der Waals surface area (Å²) in [5.74, 6) is 1.96. The van der Waals surface area contributed by atoms with Gasteiger partial charge in [-0.2, -0.15) is 0 Å². The molecule has 0 bridgehead atoms. The molecule has 2 heteroatoms. The van der Waals surface area contributed by atoms with Crippen LogP contribution < -0.4 is 0 Å². The molecular weight excluding hydrogens is 272 g/mol. The summed E-state index contributed by atoms with van der Waals surface area (Å²) in [5, 5.41) is 21.4. The minimum Gasteiger partial charge on any atom is -0.390 e. The molecule has 0 radical (unpaired) electrons. The van der Waals surface area contributed by atoms with Crippen molar-refractivity contribution in [1.82, 2.24) is 0 Å². The molecule has 0 spiro atoms. The van der Waals surface area contributed by atoms with E-state index < -0.39 is 11.2 Å². The van der Waals surface area contributed by atoms with E-state index in [0.717, 1.165) is 24.7 Å². The molecule has 3 fully saturated rings. The number of hydrogen-bond acceptors (Lipinski definition) is 2. The molecule has 2 nitrogen and oxygen atoms in total.